The maximum Gasteiger partial charge on any atom is 0.418 e. The third kappa shape index (κ3) is 4.33. The zero-order chi connectivity index (χ0) is 28.5. The molecule has 4 aromatic rings. The number of amides is 2. The summed E-state index contributed by atoms with van der Waals surface area (Å²) in [5, 5.41) is 0.646. The predicted molar refractivity (Wildman–Crippen MR) is 149 cm³/mol. The number of aromatic amines is 1. The van der Waals surface area contributed by atoms with Gasteiger partial charge in [-0.05, 0) is 43.5 Å². The lowest BCUT2D eigenvalue weighted by Gasteiger charge is -2.52. The molecule has 40 heavy (non-hydrogen) atoms. The second-order valence-corrected chi connectivity index (χ2v) is 9.99. The minimum atomic E-state index is -1.13. The van der Waals surface area contributed by atoms with E-state index in [1.165, 1.54) is 4.90 Å². The maximum absolute atomic E-state index is 12.5. The Balaban J connectivity index is 1.71. The van der Waals surface area contributed by atoms with E-state index in [-0.39, 0.29) is 0 Å². The number of nitrogens with two attached hydrogens (primary N) is 2. The molecule has 1 aliphatic rings. The van der Waals surface area contributed by atoms with Crippen molar-refractivity contribution in [3.8, 4) is 11.5 Å². The molecule has 3 heterocycles. The Morgan fingerprint density at radius 2 is 1.68 bits per heavy atom. The van der Waals surface area contributed by atoms with Gasteiger partial charge >= 0.3 is 12.2 Å². The molecule has 2 aromatic carbocycles. The number of anilines is 1. The monoisotopic (exact) mass is 544 g/mol. The second-order valence-electron chi connectivity index (χ2n) is 9.99. The van der Waals surface area contributed by atoms with Gasteiger partial charge in [0, 0.05) is 41.8 Å². The minimum Gasteiger partial charge on any atom is -0.493 e. The fourth-order valence-electron chi connectivity index (χ4n) is 5.99. The molecule has 5 N–H and O–H groups in total. The van der Waals surface area contributed by atoms with Crippen LogP contribution in [0.4, 0.5) is 15.4 Å². The van der Waals surface area contributed by atoms with E-state index in [0.717, 1.165) is 11.3 Å². The average Bonchev–Trinajstić information content (AvgIpc) is 3.52. The lowest BCUT2D eigenvalue weighted by molar-refractivity contribution is 0.0846. The zero-order valence-electron chi connectivity index (χ0n) is 22.6. The van der Waals surface area contributed by atoms with Gasteiger partial charge in [-0.25, -0.2) is 19.6 Å². The van der Waals surface area contributed by atoms with Gasteiger partial charge in [-0.2, -0.15) is 0 Å². The molecule has 0 spiro atoms. The summed E-state index contributed by atoms with van der Waals surface area (Å²) in [6, 6.07) is 17.6. The molecular weight excluding hydrogens is 512 g/mol. The smallest absolute Gasteiger partial charge is 0.418 e. The largest absolute Gasteiger partial charge is 0.493 e. The number of nitrogens with one attached hydrogen (secondary N) is 1. The Bertz CT molecular complexity index is 1530. The van der Waals surface area contributed by atoms with Gasteiger partial charge in [-0.1, -0.05) is 30.3 Å². The molecule has 11 nitrogen and oxygen atoms in total. The minimum absolute atomic E-state index is 0.310. The number of carbonyl (C=O) groups is 2. The van der Waals surface area contributed by atoms with Gasteiger partial charge in [0.2, 0.25) is 0 Å². The predicted octanol–water partition coefficient (Wildman–Crippen LogP) is 4.11. The summed E-state index contributed by atoms with van der Waals surface area (Å²) >= 11 is 0. The van der Waals surface area contributed by atoms with Crippen molar-refractivity contribution in [1.29, 1.82) is 0 Å². The molecule has 2 amide bonds. The number of piperidine rings is 1. The number of ether oxygens (including phenoxy) is 3. The summed E-state index contributed by atoms with van der Waals surface area (Å²) in [7, 11) is 3.13. The first-order chi connectivity index (χ1) is 19.2. The summed E-state index contributed by atoms with van der Waals surface area (Å²) in [5.41, 5.74) is 12.8. The number of H-pyrrole nitrogens is 1. The van der Waals surface area contributed by atoms with Gasteiger partial charge in [-0.3, -0.25) is 0 Å². The van der Waals surface area contributed by atoms with Crippen molar-refractivity contribution in [3.05, 3.63) is 77.9 Å². The summed E-state index contributed by atoms with van der Waals surface area (Å²) < 4.78 is 15.7. The van der Waals surface area contributed by atoms with Gasteiger partial charge in [0.15, 0.2) is 11.5 Å². The maximum atomic E-state index is 12.5. The number of methoxy groups -OCH3 is 2. The van der Waals surface area contributed by atoms with Gasteiger partial charge in [0.05, 0.1) is 25.2 Å². The van der Waals surface area contributed by atoms with Crippen LogP contribution >= 0.6 is 0 Å². The molecule has 208 valence electrons. The van der Waals surface area contributed by atoms with Crippen LogP contribution in [0.1, 0.15) is 36.8 Å². The van der Waals surface area contributed by atoms with E-state index < -0.39 is 23.0 Å². The molecule has 0 aliphatic carbocycles. The van der Waals surface area contributed by atoms with E-state index in [4.69, 9.17) is 30.9 Å². The molecule has 1 unspecified atom stereocenters. The number of fused-ring (bicyclic) bond motifs is 1. The molecule has 11 heteroatoms. The molecule has 1 aliphatic heterocycles. The molecule has 5 rings (SSSR count). The first-order valence-corrected chi connectivity index (χ1v) is 12.9. The van der Waals surface area contributed by atoms with Crippen molar-refractivity contribution in [3.63, 3.8) is 0 Å². The number of primary amides is 1. The van der Waals surface area contributed by atoms with Gasteiger partial charge in [-0.15, -0.1) is 0 Å². The Hall–Kier alpha value is -4.80. The fraction of sp³-hybridized carbons (Fsp3) is 0.310. The van der Waals surface area contributed by atoms with Crippen molar-refractivity contribution in [2.24, 2.45) is 5.73 Å². The lowest BCUT2D eigenvalue weighted by Crippen LogP contribution is -2.56. The number of rotatable bonds is 6. The first kappa shape index (κ1) is 26.8. The standard InChI is InChI=1S/C29H32N6O5/c1-28(23-10-7-13-32-23,25-33-20-17-22(39-3)21(38-2)16-19(20)24(30)34-25)29(18-8-5-4-6-9-18)11-14-35(15-12-29)27(37)40-26(31)36/h4-10,13,16-17,32H,11-12,14-15H2,1-3H3,(H2,31,36)(H2,30,33,34). The Labute approximate surface area is 231 Å². The van der Waals surface area contributed by atoms with Crippen LogP contribution in [0, 0.1) is 0 Å². The highest BCUT2D eigenvalue weighted by atomic mass is 16.6. The van der Waals surface area contributed by atoms with Gasteiger partial charge < -0.3 is 35.6 Å². The van der Waals surface area contributed by atoms with E-state index in [9.17, 15) is 9.59 Å². The highest BCUT2D eigenvalue weighted by Crippen LogP contribution is 2.53. The number of carbonyl (C=O) groups excluding carboxylic acids is 2. The summed E-state index contributed by atoms with van der Waals surface area (Å²) in [4.78, 5) is 38.6. The van der Waals surface area contributed by atoms with Crippen LogP contribution in [0.15, 0.2) is 60.8 Å². The van der Waals surface area contributed by atoms with Crippen LogP contribution in [0.2, 0.25) is 0 Å². The lowest BCUT2D eigenvalue weighted by atomic mass is 9.54. The molecule has 0 saturated carbocycles. The summed E-state index contributed by atoms with van der Waals surface area (Å²) in [5.74, 6) is 1.88. The molecule has 1 atom stereocenters. The van der Waals surface area contributed by atoms with E-state index in [2.05, 4.69) is 28.8 Å². The number of hydrogen-bond donors (Lipinski definition) is 3. The SMILES string of the molecule is COc1cc2nc(C(C)(c3ccc[nH]3)C3(c4ccccc4)CCN(C(=O)OC(N)=O)CC3)nc(N)c2cc1OC. The molecule has 1 fully saturated rings. The summed E-state index contributed by atoms with van der Waals surface area (Å²) in [6.07, 6.45) is 1.02. The molecule has 0 bridgehead atoms. The topological polar surface area (TPSA) is 159 Å². The number of benzene rings is 2. The van der Waals surface area contributed by atoms with E-state index in [1.807, 2.05) is 36.5 Å². The van der Waals surface area contributed by atoms with Crippen molar-refractivity contribution >= 4 is 28.9 Å². The highest BCUT2D eigenvalue weighted by Gasteiger charge is 2.55. The third-order valence-corrected chi connectivity index (χ3v) is 8.16. The fourth-order valence-corrected chi connectivity index (χ4v) is 5.99. The van der Waals surface area contributed by atoms with Crippen molar-refractivity contribution in [1.82, 2.24) is 19.9 Å². The number of nitrogen functional groups attached to an aromatic ring is 1. The Kier molecular flexibility index (Phi) is 6.97. The third-order valence-electron chi connectivity index (χ3n) is 8.16. The summed E-state index contributed by atoms with van der Waals surface area (Å²) in [6.45, 7) is 2.75. The number of hydrogen-bond acceptors (Lipinski definition) is 8. The second kappa shape index (κ2) is 10.4. The molecule has 2 aromatic heterocycles. The van der Waals surface area contributed by atoms with Crippen LogP contribution in [0.25, 0.3) is 10.9 Å². The first-order valence-electron chi connectivity index (χ1n) is 12.9. The normalized spacial score (nSPS) is 16.2. The van der Waals surface area contributed by atoms with Crippen LogP contribution in [0.3, 0.4) is 0 Å². The van der Waals surface area contributed by atoms with Crippen LogP contribution < -0.4 is 20.9 Å². The van der Waals surface area contributed by atoms with E-state index in [0.29, 0.717) is 60.0 Å². The number of likely N-dealkylation sites (tertiary alicyclic amines) is 1. The Morgan fingerprint density at radius 3 is 2.27 bits per heavy atom. The average molecular weight is 545 g/mol. The Morgan fingerprint density at radius 1 is 1.00 bits per heavy atom. The number of aromatic nitrogens is 3. The van der Waals surface area contributed by atoms with Crippen LogP contribution in [0.5, 0.6) is 11.5 Å². The molecule has 0 radical (unpaired) electrons. The van der Waals surface area contributed by atoms with E-state index in [1.54, 1.807) is 26.4 Å². The van der Waals surface area contributed by atoms with Crippen LogP contribution in [-0.2, 0) is 15.6 Å². The van der Waals surface area contributed by atoms with Crippen molar-refractivity contribution in [2.45, 2.75) is 30.6 Å². The molecular formula is C29H32N6O5. The van der Waals surface area contributed by atoms with Gasteiger partial charge in [0.1, 0.15) is 11.6 Å². The number of nitrogens with zero attached hydrogens (tertiary/aromatic N) is 3. The molecule has 1 saturated heterocycles. The van der Waals surface area contributed by atoms with Crippen molar-refractivity contribution < 1.29 is 23.8 Å². The van der Waals surface area contributed by atoms with E-state index >= 15 is 0 Å². The quantitative estimate of drug-likeness (QED) is 0.306. The van der Waals surface area contributed by atoms with Crippen molar-refractivity contribution in [2.75, 3.05) is 33.0 Å². The zero-order valence-corrected chi connectivity index (χ0v) is 22.6. The van der Waals surface area contributed by atoms with Crippen LogP contribution in [-0.4, -0.2) is 59.3 Å². The van der Waals surface area contributed by atoms with Gasteiger partial charge in [0.25, 0.3) is 0 Å². The highest BCUT2D eigenvalue weighted by molar-refractivity contribution is 5.91.